The van der Waals surface area contributed by atoms with Gasteiger partial charge in [0.25, 0.3) is 0 Å². The summed E-state index contributed by atoms with van der Waals surface area (Å²) in [6.07, 6.45) is 5.95. The van der Waals surface area contributed by atoms with E-state index in [1.54, 1.807) is 20.4 Å². The number of pyridine rings is 1. The van der Waals surface area contributed by atoms with Crippen molar-refractivity contribution in [3.05, 3.63) is 24.0 Å². The van der Waals surface area contributed by atoms with E-state index in [1.807, 2.05) is 12.3 Å². The Balaban J connectivity index is 2.69. The first-order valence-corrected chi connectivity index (χ1v) is 6.46. The lowest BCUT2D eigenvalue weighted by Crippen LogP contribution is -2.22. The molecule has 2 atom stereocenters. The Morgan fingerprint density at radius 3 is 2.67 bits per heavy atom. The van der Waals surface area contributed by atoms with Crippen LogP contribution in [0.5, 0.6) is 5.75 Å². The summed E-state index contributed by atoms with van der Waals surface area (Å²) in [5.74, 6) is 0.801. The lowest BCUT2D eigenvalue weighted by molar-refractivity contribution is 0.106. The van der Waals surface area contributed by atoms with Crippen molar-refractivity contribution in [3.8, 4) is 5.75 Å². The SMILES string of the molecule is CCNC(CCC(C)OC)c1cncc(OC)c1. The summed E-state index contributed by atoms with van der Waals surface area (Å²) >= 11 is 0. The molecule has 0 aromatic carbocycles. The number of ether oxygens (including phenoxy) is 2. The molecule has 0 fully saturated rings. The smallest absolute Gasteiger partial charge is 0.137 e. The van der Waals surface area contributed by atoms with Gasteiger partial charge in [0.2, 0.25) is 0 Å². The molecule has 0 bridgehead atoms. The number of nitrogens with one attached hydrogen (secondary N) is 1. The topological polar surface area (TPSA) is 43.4 Å². The van der Waals surface area contributed by atoms with Crippen LogP contribution in [0.2, 0.25) is 0 Å². The molecule has 1 N–H and O–H groups in total. The number of methoxy groups -OCH3 is 2. The molecule has 1 heterocycles. The van der Waals surface area contributed by atoms with E-state index in [2.05, 4.69) is 24.1 Å². The van der Waals surface area contributed by atoms with Crippen molar-refractivity contribution in [2.24, 2.45) is 0 Å². The van der Waals surface area contributed by atoms with Gasteiger partial charge in [-0.2, -0.15) is 0 Å². The maximum atomic E-state index is 5.29. The number of hydrogen-bond donors (Lipinski definition) is 1. The number of aromatic nitrogens is 1. The summed E-state index contributed by atoms with van der Waals surface area (Å²) in [5, 5.41) is 3.48. The van der Waals surface area contributed by atoms with Crippen molar-refractivity contribution < 1.29 is 9.47 Å². The molecule has 0 saturated carbocycles. The van der Waals surface area contributed by atoms with Gasteiger partial charge in [-0.3, -0.25) is 4.98 Å². The van der Waals surface area contributed by atoms with Crippen LogP contribution in [0, 0.1) is 0 Å². The van der Waals surface area contributed by atoms with Gasteiger partial charge in [-0.15, -0.1) is 0 Å². The van der Waals surface area contributed by atoms with Gasteiger partial charge in [-0.25, -0.2) is 0 Å². The Labute approximate surface area is 110 Å². The Morgan fingerprint density at radius 1 is 1.28 bits per heavy atom. The van der Waals surface area contributed by atoms with Crippen molar-refractivity contribution in [2.45, 2.75) is 38.8 Å². The first-order valence-electron chi connectivity index (χ1n) is 6.46. The van der Waals surface area contributed by atoms with Gasteiger partial charge in [0.15, 0.2) is 0 Å². The molecule has 4 heteroatoms. The van der Waals surface area contributed by atoms with Crippen molar-refractivity contribution in [2.75, 3.05) is 20.8 Å². The van der Waals surface area contributed by atoms with Crippen LogP contribution in [0.3, 0.4) is 0 Å². The summed E-state index contributed by atoms with van der Waals surface area (Å²) in [6, 6.07) is 2.34. The van der Waals surface area contributed by atoms with Gasteiger partial charge in [0.1, 0.15) is 5.75 Å². The van der Waals surface area contributed by atoms with Gasteiger partial charge in [0.05, 0.1) is 19.4 Å². The lowest BCUT2D eigenvalue weighted by atomic mass is 10.0. The molecule has 1 rings (SSSR count). The fraction of sp³-hybridized carbons (Fsp3) is 0.643. The molecule has 4 nitrogen and oxygen atoms in total. The van der Waals surface area contributed by atoms with E-state index in [4.69, 9.17) is 9.47 Å². The van der Waals surface area contributed by atoms with Gasteiger partial charge >= 0.3 is 0 Å². The van der Waals surface area contributed by atoms with E-state index in [-0.39, 0.29) is 6.10 Å². The van der Waals surface area contributed by atoms with Crippen LogP contribution in [-0.2, 0) is 4.74 Å². The minimum Gasteiger partial charge on any atom is -0.495 e. The average molecular weight is 252 g/mol. The molecule has 0 radical (unpaired) electrons. The van der Waals surface area contributed by atoms with E-state index in [1.165, 1.54) is 5.56 Å². The minimum absolute atomic E-state index is 0.282. The molecule has 18 heavy (non-hydrogen) atoms. The molecule has 0 aliphatic rings. The van der Waals surface area contributed by atoms with Crippen LogP contribution >= 0.6 is 0 Å². The highest BCUT2D eigenvalue weighted by atomic mass is 16.5. The highest BCUT2D eigenvalue weighted by Gasteiger charge is 2.13. The minimum atomic E-state index is 0.282. The Bertz CT molecular complexity index is 344. The first-order chi connectivity index (χ1) is 8.71. The normalized spacial score (nSPS) is 14.2. The fourth-order valence-electron chi connectivity index (χ4n) is 1.89. The van der Waals surface area contributed by atoms with Crippen LogP contribution in [0.25, 0.3) is 0 Å². The maximum absolute atomic E-state index is 5.29. The molecular formula is C14H24N2O2. The zero-order chi connectivity index (χ0) is 13.4. The summed E-state index contributed by atoms with van der Waals surface area (Å²) in [6.45, 7) is 5.14. The summed E-state index contributed by atoms with van der Waals surface area (Å²) in [7, 11) is 3.41. The van der Waals surface area contributed by atoms with Gasteiger partial charge in [-0.05, 0) is 37.9 Å². The summed E-state index contributed by atoms with van der Waals surface area (Å²) in [4.78, 5) is 4.21. The van der Waals surface area contributed by atoms with E-state index in [0.29, 0.717) is 6.04 Å². The molecule has 0 saturated heterocycles. The highest BCUT2D eigenvalue weighted by molar-refractivity contribution is 5.25. The second kappa shape index (κ2) is 8.06. The molecule has 0 spiro atoms. The van der Waals surface area contributed by atoms with Crippen molar-refractivity contribution in [1.82, 2.24) is 10.3 Å². The van der Waals surface area contributed by atoms with E-state index in [9.17, 15) is 0 Å². The molecular weight excluding hydrogens is 228 g/mol. The zero-order valence-corrected chi connectivity index (χ0v) is 11.8. The monoisotopic (exact) mass is 252 g/mol. The molecule has 2 unspecified atom stereocenters. The molecule has 102 valence electrons. The van der Waals surface area contributed by atoms with Crippen LogP contribution in [0.1, 0.15) is 38.3 Å². The van der Waals surface area contributed by atoms with Crippen LogP contribution < -0.4 is 10.1 Å². The van der Waals surface area contributed by atoms with Crippen LogP contribution in [0.4, 0.5) is 0 Å². The Kier molecular flexibility index (Phi) is 6.68. The van der Waals surface area contributed by atoms with Crippen molar-refractivity contribution in [3.63, 3.8) is 0 Å². The third-order valence-corrected chi connectivity index (χ3v) is 3.09. The highest BCUT2D eigenvalue weighted by Crippen LogP contribution is 2.22. The number of hydrogen-bond acceptors (Lipinski definition) is 4. The fourth-order valence-corrected chi connectivity index (χ4v) is 1.89. The Morgan fingerprint density at radius 2 is 2.06 bits per heavy atom. The van der Waals surface area contributed by atoms with Crippen LogP contribution in [0.15, 0.2) is 18.5 Å². The second-order valence-electron chi connectivity index (χ2n) is 4.39. The standard InChI is InChI=1S/C14H24N2O2/c1-5-16-14(7-6-11(2)17-3)12-8-13(18-4)10-15-9-12/h8-11,14,16H,5-7H2,1-4H3. The van der Waals surface area contributed by atoms with E-state index < -0.39 is 0 Å². The summed E-state index contributed by atoms with van der Waals surface area (Å²) in [5.41, 5.74) is 1.17. The van der Waals surface area contributed by atoms with Gasteiger partial charge in [0, 0.05) is 19.3 Å². The van der Waals surface area contributed by atoms with E-state index in [0.717, 1.165) is 25.1 Å². The third-order valence-electron chi connectivity index (χ3n) is 3.09. The largest absolute Gasteiger partial charge is 0.495 e. The molecule has 1 aromatic rings. The molecule has 1 aromatic heterocycles. The van der Waals surface area contributed by atoms with Crippen molar-refractivity contribution in [1.29, 1.82) is 0 Å². The zero-order valence-electron chi connectivity index (χ0n) is 11.8. The maximum Gasteiger partial charge on any atom is 0.137 e. The molecule has 0 amide bonds. The quantitative estimate of drug-likeness (QED) is 0.772. The van der Waals surface area contributed by atoms with Gasteiger partial charge in [-0.1, -0.05) is 6.92 Å². The third kappa shape index (κ3) is 4.63. The van der Waals surface area contributed by atoms with Crippen LogP contribution in [-0.4, -0.2) is 31.9 Å². The number of rotatable bonds is 8. The lowest BCUT2D eigenvalue weighted by Gasteiger charge is -2.20. The molecule has 0 aliphatic heterocycles. The predicted molar refractivity (Wildman–Crippen MR) is 72.9 cm³/mol. The van der Waals surface area contributed by atoms with Crippen molar-refractivity contribution >= 4 is 0 Å². The molecule has 0 aliphatic carbocycles. The van der Waals surface area contributed by atoms with Gasteiger partial charge < -0.3 is 14.8 Å². The second-order valence-corrected chi connectivity index (χ2v) is 4.39. The van der Waals surface area contributed by atoms with E-state index >= 15 is 0 Å². The average Bonchev–Trinajstić information content (AvgIpc) is 2.43. The Hall–Kier alpha value is -1.13. The number of nitrogens with zero attached hydrogens (tertiary/aromatic N) is 1. The summed E-state index contributed by atoms with van der Waals surface area (Å²) < 4.78 is 10.5. The first kappa shape index (κ1) is 14.9. The predicted octanol–water partition coefficient (Wildman–Crippen LogP) is 2.56.